The summed E-state index contributed by atoms with van der Waals surface area (Å²) in [6.07, 6.45) is 11.6. The maximum atomic E-state index is 8.43. The Morgan fingerprint density at radius 3 is 1.90 bits per heavy atom. The van der Waals surface area contributed by atoms with Crippen molar-refractivity contribution < 1.29 is 22.6 Å². The molecule has 314 valence electrons. The van der Waals surface area contributed by atoms with Gasteiger partial charge >= 0.3 is 373 Å². The summed E-state index contributed by atoms with van der Waals surface area (Å²) in [5, 5.41) is 0. The predicted molar refractivity (Wildman–Crippen MR) is 255 cm³/mol. The van der Waals surface area contributed by atoms with Gasteiger partial charge in [0.1, 0.15) is 0 Å². The molecule has 0 heterocycles. The zero-order valence-corrected chi connectivity index (χ0v) is 42.2. The van der Waals surface area contributed by atoms with Crippen LogP contribution < -0.4 is 0 Å². The SMILES string of the molecule is CC1=C(CCCCCCOC(C)(C)C)c2c(cc3c(c2-c2ccc(C(C)(C)C)cc2)CCC3)[CH]1[Zr]([Cl])([Cl])[CH]1C(C(C)C)=Cc2c(-c3ccc(C(C)(C)C)cc3)cccc21. The van der Waals surface area contributed by atoms with Gasteiger partial charge in [-0.3, -0.25) is 0 Å². The Morgan fingerprint density at radius 1 is 0.695 bits per heavy atom. The molecular weight excluding hydrogens is 839 g/mol. The second-order valence-corrected chi connectivity index (χ2v) is 36.0. The Labute approximate surface area is 369 Å². The number of ether oxygens (including phenoxy) is 1. The summed E-state index contributed by atoms with van der Waals surface area (Å²) in [5.41, 5.74) is 21.2. The van der Waals surface area contributed by atoms with Gasteiger partial charge in [0.05, 0.1) is 0 Å². The zero-order chi connectivity index (χ0) is 42.7. The van der Waals surface area contributed by atoms with Crippen molar-refractivity contribution in [3.63, 3.8) is 0 Å². The van der Waals surface area contributed by atoms with Crippen molar-refractivity contribution in [3.8, 4) is 22.3 Å². The van der Waals surface area contributed by atoms with Crippen molar-refractivity contribution >= 4 is 28.7 Å². The summed E-state index contributed by atoms with van der Waals surface area (Å²) >= 11 is -4.27. The number of hydrogen-bond acceptors (Lipinski definition) is 1. The molecule has 0 aromatic heterocycles. The van der Waals surface area contributed by atoms with Gasteiger partial charge in [0.25, 0.3) is 0 Å². The number of hydrogen-bond donors (Lipinski definition) is 0. The topological polar surface area (TPSA) is 9.23 Å². The van der Waals surface area contributed by atoms with Gasteiger partial charge < -0.3 is 0 Å². The summed E-state index contributed by atoms with van der Waals surface area (Å²) in [5.74, 6) is 0.334. The number of unbranched alkanes of at least 4 members (excludes halogenated alkanes) is 3. The average Bonchev–Trinajstić information content (AvgIpc) is 3.87. The number of aryl methyl sites for hydroxylation is 1. The maximum absolute atomic E-state index is 8.43. The molecule has 2 unspecified atom stereocenters. The monoisotopic (exact) mass is 906 g/mol. The third-order valence-corrected chi connectivity index (χ3v) is 25.8. The van der Waals surface area contributed by atoms with Crippen molar-refractivity contribution in [2.45, 2.75) is 158 Å². The Morgan fingerprint density at radius 2 is 1.31 bits per heavy atom. The van der Waals surface area contributed by atoms with Crippen LogP contribution in [0.25, 0.3) is 33.9 Å². The molecule has 0 bridgehead atoms. The third kappa shape index (κ3) is 9.15. The van der Waals surface area contributed by atoms with E-state index in [-0.39, 0.29) is 23.7 Å². The summed E-state index contributed by atoms with van der Waals surface area (Å²) in [6.45, 7) is 28.1. The molecule has 1 nitrogen and oxygen atoms in total. The van der Waals surface area contributed by atoms with Gasteiger partial charge in [0, 0.05) is 0 Å². The molecule has 3 aliphatic rings. The second kappa shape index (κ2) is 17.2. The van der Waals surface area contributed by atoms with Crippen LogP contribution in [0, 0.1) is 5.92 Å². The molecule has 0 saturated carbocycles. The van der Waals surface area contributed by atoms with Gasteiger partial charge in [0.15, 0.2) is 0 Å². The molecule has 0 amide bonds. The van der Waals surface area contributed by atoms with E-state index in [1.165, 1.54) is 97.2 Å². The third-order valence-electron chi connectivity index (χ3n) is 13.4. The van der Waals surface area contributed by atoms with Gasteiger partial charge in [-0.1, -0.05) is 0 Å². The van der Waals surface area contributed by atoms with Crippen LogP contribution in [0.2, 0.25) is 0 Å². The summed E-state index contributed by atoms with van der Waals surface area (Å²) in [7, 11) is 16.9. The van der Waals surface area contributed by atoms with E-state index in [4.69, 9.17) is 21.8 Å². The van der Waals surface area contributed by atoms with E-state index in [0.717, 1.165) is 38.7 Å². The molecule has 4 aromatic rings. The van der Waals surface area contributed by atoms with E-state index in [0.29, 0.717) is 5.92 Å². The number of allylic oxidation sites excluding steroid dienone is 3. The Bertz CT molecular complexity index is 2230. The first-order chi connectivity index (χ1) is 27.7. The first kappa shape index (κ1) is 44.8. The van der Waals surface area contributed by atoms with Gasteiger partial charge in [-0.25, -0.2) is 0 Å². The quantitative estimate of drug-likeness (QED) is 0.129. The van der Waals surface area contributed by atoms with E-state index in [9.17, 15) is 0 Å². The molecule has 0 saturated heterocycles. The van der Waals surface area contributed by atoms with E-state index in [1.807, 2.05) is 0 Å². The van der Waals surface area contributed by atoms with Crippen molar-refractivity contribution in [2.75, 3.05) is 6.61 Å². The van der Waals surface area contributed by atoms with Crippen LogP contribution in [0.4, 0.5) is 0 Å². The molecule has 0 spiro atoms. The molecule has 3 aliphatic carbocycles. The molecule has 4 aromatic carbocycles. The first-order valence-corrected chi connectivity index (χ1v) is 31.8. The van der Waals surface area contributed by atoms with Crippen LogP contribution in [0.15, 0.2) is 83.9 Å². The number of halogens is 2. The van der Waals surface area contributed by atoms with E-state index < -0.39 is 17.9 Å². The van der Waals surface area contributed by atoms with Gasteiger partial charge in [-0.15, -0.1) is 0 Å². The van der Waals surface area contributed by atoms with Crippen LogP contribution in [-0.2, 0) is 46.3 Å². The molecule has 2 atom stereocenters. The fourth-order valence-corrected chi connectivity index (χ4v) is 24.5. The predicted octanol–water partition coefficient (Wildman–Crippen LogP) is 17.0. The number of rotatable bonds is 12. The molecule has 4 heteroatoms. The molecule has 0 aliphatic heterocycles. The van der Waals surface area contributed by atoms with Crippen LogP contribution in [0.3, 0.4) is 0 Å². The fourth-order valence-electron chi connectivity index (χ4n) is 10.3. The fraction of sp³-hybridized carbons (Fsp3) is 0.491. The van der Waals surface area contributed by atoms with Crippen molar-refractivity contribution in [3.05, 3.63) is 128 Å². The van der Waals surface area contributed by atoms with Gasteiger partial charge in [0.2, 0.25) is 0 Å². The van der Waals surface area contributed by atoms with E-state index in [2.05, 4.69) is 162 Å². The van der Waals surface area contributed by atoms with Crippen LogP contribution >= 0.6 is 17.0 Å². The van der Waals surface area contributed by atoms with Crippen LogP contribution in [0.1, 0.15) is 173 Å². The molecule has 0 radical (unpaired) electrons. The first-order valence-electron chi connectivity index (χ1n) is 22.6. The Hall–Kier alpha value is -2.22. The summed E-state index contributed by atoms with van der Waals surface area (Å²) < 4.78 is 6.21. The normalized spacial score (nSPS) is 18.1. The van der Waals surface area contributed by atoms with Crippen molar-refractivity contribution in [1.29, 1.82) is 0 Å². The van der Waals surface area contributed by atoms with Gasteiger partial charge in [-0.05, 0) is 0 Å². The van der Waals surface area contributed by atoms with E-state index in [1.54, 1.807) is 5.56 Å². The Balaban J connectivity index is 1.33. The molecular formula is C55H70Cl2OZr. The molecule has 0 N–H and O–H groups in total. The Kier molecular flexibility index (Phi) is 13.0. The van der Waals surface area contributed by atoms with Crippen LogP contribution in [0.5, 0.6) is 0 Å². The van der Waals surface area contributed by atoms with E-state index >= 15 is 0 Å². The molecule has 7 rings (SSSR count). The minimum atomic E-state index is -4.27. The summed E-state index contributed by atoms with van der Waals surface area (Å²) in [4.78, 5) is 0. The zero-order valence-electron chi connectivity index (χ0n) is 38.3. The molecule has 59 heavy (non-hydrogen) atoms. The molecule has 0 fully saturated rings. The van der Waals surface area contributed by atoms with Crippen molar-refractivity contribution in [2.24, 2.45) is 5.92 Å². The van der Waals surface area contributed by atoms with Crippen molar-refractivity contribution in [1.82, 2.24) is 0 Å². The standard InChI is InChI=1S/C33H45O.C22H25.2ClH.Zr/c1-23-21-26-22-25-13-12-15-29(25)30(24-16-18-27(19-17-24)32(2,3)4)31(26)28(23)14-10-8-9-11-20-34-33(5,6)7;1-15(2)18-13-17-7-6-8-20(21(17)14-18)16-9-11-19(12-10-16)22(3,4)5;;;/h16-19,21-22H,8-15,20H2,1-7H3;6-15H,1-5H3;2*1H;/q;;;;+2/p-2. The minimum absolute atomic E-state index is 0.0640. The van der Waals surface area contributed by atoms with Crippen LogP contribution in [-0.4, -0.2) is 12.2 Å². The number of fused-ring (bicyclic) bond motifs is 3. The van der Waals surface area contributed by atoms with Gasteiger partial charge in [-0.2, -0.15) is 0 Å². The average molecular weight is 909 g/mol. The number of benzene rings is 4. The second-order valence-electron chi connectivity index (χ2n) is 21.3. The summed E-state index contributed by atoms with van der Waals surface area (Å²) in [6, 6.07) is 28.3.